The van der Waals surface area contributed by atoms with Crippen molar-refractivity contribution in [2.24, 2.45) is 5.92 Å². The maximum atomic E-state index is 12.2. The van der Waals surface area contributed by atoms with Crippen molar-refractivity contribution in [2.75, 3.05) is 19.6 Å². The Hall–Kier alpha value is -1.30. The molecule has 102 valence electrons. The Balaban J connectivity index is 1.97. The highest BCUT2D eigenvalue weighted by atomic mass is 16.4. The van der Waals surface area contributed by atoms with Crippen molar-refractivity contribution >= 4 is 12.0 Å². The second kappa shape index (κ2) is 5.14. The van der Waals surface area contributed by atoms with Crippen LogP contribution in [0.15, 0.2) is 0 Å². The maximum Gasteiger partial charge on any atom is 0.323 e. The zero-order valence-corrected chi connectivity index (χ0v) is 10.6. The molecule has 2 atom stereocenters. The second-order valence-electron chi connectivity index (χ2n) is 5.31. The Kier molecular flexibility index (Phi) is 3.75. The first-order chi connectivity index (χ1) is 8.49. The minimum atomic E-state index is -0.985. The van der Waals surface area contributed by atoms with Crippen molar-refractivity contribution in [3.05, 3.63) is 0 Å². The van der Waals surface area contributed by atoms with E-state index in [0.717, 1.165) is 19.3 Å². The van der Waals surface area contributed by atoms with Crippen molar-refractivity contribution in [1.82, 2.24) is 9.80 Å². The molecule has 0 bridgehead atoms. The van der Waals surface area contributed by atoms with E-state index < -0.39 is 12.1 Å². The molecule has 2 rings (SSSR count). The number of amides is 2. The van der Waals surface area contributed by atoms with Crippen LogP contribution in [0.3, 0.4) is 0 Å². The fourth-order valence-electron chi connectivity index (χ4n) is 2.29. The van der Waals surface area contributed by atoms with E-state index in [4.69, 9.17) is 5.11 Å². The van der Waals surface area contributed by atoms with Crippen molar-refractivity contribution in [1.29, 1.82) is 0 Å². The number of carbonyl (C=O) groups is 2. The molecule has 2 N–H and O–H groups in total. The number of β-amino-alcohol motifs (C(OH)–C–C–N with tert-alkyl or cyclic N) is 1. The van der Waals surface area contributed by atoms with Crippen molar-refractivity contribution in [3.63, 3.8) is 0 Å². The predicted molar refractivity (Wildman–Crippen MR) is 64.1 cm³/mol. The van der Waals surface area contributed by atoms with Crippen LogP contribution in [0.25, 0.3) is 0 Å². The van der Waals surface area contributed by atoms with Gasteiger partial charge in [0.25, 0.3) is 0 Å². The Morgan fingerprint density at radius 3 is 2.50 bits per heavy atom. The Bertz CT molecular complexity index is 343. The summed E-state index contributed by atoms with van der Waals surface area (Å²) in [4.78, 5) is 26.0. The zero-order chi connectivity index (χ0) is 13.3. The highest BCUT2D eigenvalue weighted by molar-refractivity contribution is 5.81. The average Bonchev–Trinajstić information content (AvgIpc) is 3.12. The first-order valence-electron chi connectivity index (χ1n) is 6.44. The smallest absolute Gasteiger partial charge is 0.323 e. The van der Waals surface area contributed by atoms with Gasteiger partial charge in [0.1, 0.15) is 6.54 Å². The molecule has 0 aromatic carbocycles. The number of piperidine rings is 1. The lowest BCUT2D eigenvalue weighted by molar-refractivity contribution is -0.138. The highest BCUT2D eigenvalue weighted by Crippen LogP contribution is 2.28. The molecule has 6 heteroatoms. The van der Waals surface area contributed by atoms with Gasteiger partial charge in [0.2, 0.25) is 0 Å². The standard InChI is InChI=1S/C12H20N2O4/c1-8-4-5-13(6-10(8)15)12(18)14(7-11(16)17)9-2-3-9/h8-10,15H,2-7H2,1H3,(H,16,17). The molecule has 2 aliphatic rings. The molecular formula is C12H20N2O4. The number of rotatable bonds is 3. The third kappa shape index (κ3) is 2.93. The van der Waals surface area contributed by atoms with E-state index >= 15 is 0 Å². The van der Waals surface area contributed by atoms with E-state index in [0.29, 0.717) is 13.1 Å². The summed E-state index contributed by atoms with van der Waals surface area (Å²) in [5.41, 5.74) is 0. The summed E-state index contributed by atoms with van der Waals surface area (Å²) >= 11 is 0. The van der Waals surface area contributed by atoms with Gasteiger partial charge in [0.05, 0.1) is 6.10 Å². The highest BCUT2D eigenvalue weighted by Gasteiger charge is 2.38. The van der Waals surface area contributed by atoms with Crippen molar-refractivity contribution in [3.8, 4) is 0 Å². The average molecular weight is 256 g/mol. The summed E-state index contributed by atoms with van der Waals surface area (Å²) in [5, 5.41) is 18.6. The Morgan fingerprint density at radius 1 is 1.33 bits per heavy atom. The lowest BCUT2D eigenvalue weighted by Gasteiger charge is -2.37. The molecule has 6 nitrogen and oxygen atoms in total. The van der Waals surface area contributed by atoms with E-state index in [1.54, 1.807) is 4.90 Å². The van der Waals surface area contributed by atoms with Gasteiger partial charge in [0.15, 0.2) is 0 Å². The molecule has 1 saturated carbocycles. The molecule has 0 aromatic heterocycles. The normalized spacial score (nSPS) is 28.0. The van der Waals surface area contributed by atoms with Gasteiger partial charge >= 0.3 is 12.0 Å². The monoisotopic (exact) mass is 256 g/mol. The molecule has 2 fully saturated rings. The molecule has 0 aromatic rings. The summed E-state index contributed by atoms with van der Waals surface area (Å²) in [6, 6.07) is -0.170. The molecule has 2 amide bonds. The lowest BCUT2D eigenvalue weighted by Crippen LogP contribution is -2.52. The SMILES string of the molecule is CC1CCN(C(=O)N(CC(=O)O)C2CC2)CC1O. The number of aliphatic carboxylic acids is 1. The van der Waals surface area contributed by atoms with Crippen LogP contribution in [0.4, 0.5) is 4.79 Å². The van der Waals surface area contributed by atoms with Crippen LogP contribution in [0, 0.1) is 5.92 Å². The number of aliphatic hydroxyl groups is 1. The van der Waals surface area contributed by atoms with Gasteiger partial charge in [-0.2, -0.15) is 0 Å². The van der Waals surface area contributed by atoms with Crippen LogP contribution in [0.5, 0.6) is 0 Å². The van der Waals surface area contributed by atoms with E-state index in [1.807, 2.05) is 6.92 Å². The maximum absolute atomic E-state index is 12.2. The topological polar surface area (TPSA) is 81.1 Å². The van der Waals surface area contributed by atoms with Gasteiger partial charge < -0.3 is 20.0 Å². The number of carbonyl (C=O) groups excluding carboxylic acids is 1. The molecule has 0 radical (unpaired) electrons. The van der Waals surface area contributed by atoms with Crippen LogP contribution < -0.4 is 0 Å². The van der Waals surface area contributed by atoms with Crippen LogP contribution in [0.1, 0.15) is 26.2 Å². The molecule has 0 spiro atoms. The quantitative estimate of drug-likeness (QED) is 0.764. The number of hydrogen-bond donors (Lipinski definition) is 2. The summed E-state index contributed by atoms with van der Waals surface area (Å²) < 4.78 is 0. The van der Waals surface area contributed by atoms with E-state index in [1.165, 1.54) is 4.90 Å². The van der Waals surface area contributed by atoms with Crippen molar-refractivity contribution in [2.45, 2.75) is 38.3 Å². The molecule has 1 saturated heterocycles. The van der Waals surface area contributed by atoms with Crippen LogP contribution in [0.2, 0.25) is 0 Å². The zero-order valence-electron chi connectivity index (χ0n) is 10.6. The number of carboxylic acids is 1. The minimum absolute atomic E-state index is 0.0742. The molecule has 18 heavy (non-hydrogen) atoms. The fourth-order valence-corrected chi connectivity index (χ4v) is 2.29. The molecular weight excluding hydrogens is 236 g/mol. The first kappa shape index (κ1) is 13.1. The van der Waals surface area contributed by atoms with Gasteiger partial charge in [-0.1, -0.05) is 6.92 Å². The molecule has 1 aliphatic heterocycles. The molecule has 2 unspecified atom stereocenters. The van der Waals surface area contributed by atoms with Gasteiger partial charge in [-0.15, -0.1) is 0 Å². The van der Waals surface area contributed by atoms with E-state index in [9.17, 15) is 14.7 Å². The fraction of sp³-hybridized carbons (Fsp3) is 0.833. The van der Waals surface area contributed by atoms with Gasteiger partial charge in [-0.05, 0) is 25.2 Å². The summed E-state index contributed by atoms with van der Waals surface area (Å²) in [7, 11) is 0. The lowest BCUT2D eigenvalue weighted by atomic mass is 9.96. The van der Waals surface area contributed by atoms with Crippen LogP contribution >= 0.6 is 0 Å². The van der Waals surface area contributed by atoms with E-state index in [2.05, 4.69) is 0 Å². The number of nitrogens with zero attached hydrogens (tertiary/aromatic N) is 2. The summed E-state index contributed by atoms with van der Waals surface area (Å²) in [5.74, 6) is -0.788. The third-order valence-electron chi connectivity index (χ3n) is 3.73. The number of hydrogen-bond acceptors (Lipinski definition) is 3. The van der Waals surface area contributed by atoms with Gasteiger partial charge in [-0.25, -0.2) is 4.79 Å². The number of likely N-dealkylation sites (tertiary alicyclic amines) is 1. The van der Waals surface area contributed by atoms with Gasteiger partial charge in [0, 0.05) is 19.1 Å². The molecule has 1 aliphatic carbocycles. The first-order valence-corrected chi connectivity index (χ1v) is 6.44. The number of aliphatic hydroxyl groups excluding tert-OH is 1. The largest absolute Gasteiger partial charge is 0.480 e. The van der Waals surface area contributed by atoms with Crippen LogP contribution in [-0.4, -0.2) is 63.8 Å². The molecule has 1 heterocycles. The van der Waals surface area contributed by atoms with E-state index in [-0.39, 0.29) is 24.5 Å². The van der Waals surface area contributed by atoms with Crippen LogP contribution in [-0.2, 0) is 4.79 Å². The Labute approximate surface area is 106 Å². The Morgan fingerprint density at radius 2 is 2.00 bits per heavy atom. The summed E-state index contributed by atoms with van der Waals surface area (Å²) in [6.07, 6.45) is 2.02. The van der Waals surface area contributed by atoms with Gasteiger partial charge in [-0.3, -0.25) is 4.79 Å². The minimum Gasteiger partial charge on any atom is -0.480 e. The predicted octanol–water partition coefficient (Wildman–Crippen LogP) is 0.358. The third-order valence-corrected chi connectivity index (χ3v) is 3.73. The second-order valence-corrected chi connectivity index (χ2v) is 5.31. The van der Waals surface area contributed by atoms with Crippen molar-refractivity contribution < 1.29 is 19.8 Å². The summed E-state index contributed by atoms with van der Waals surface area (Å²) in [6.45, 7) is 2.62. The number of urea groups is 1. The number of carboxylic acid groups (broad SMARTS) is 1.